The van der Waals surface area contributed by atoms with E-state index in [1.54, 1.807) is 13.0 Å². The summed E-state index contributed by atoms with van der Waals surface area (Å²) in [5.41, 5.74) is 0. The Bertz CT molecular complexity index is 535. The molecule has 2 N–H and O–H groups in total. The molecule has 0 aromatic carbocycles. The third-order valence-corrected chi connectivity index (χ3v) is 6.05. The zero-order chi connectivity index (χ0) is 14.0. The van der Waals surface area contributed by atoms with E-state index in [-0.39, 0.29) is 11.5 Å². The van der Waals surface area contributed by atoms with Gasteiger partial charge in [-0.1, -0.05) is 0 Å². The highest BCUT2D eigenvalue weighted by molar-refractivity contribution is 7.89. The van der Waals surface area contributed by atoms with Crippen molar-refractivity contribution >= 4 is 21.4 Å². The molecule has 1 heterocycles. The van der Waals surface area contributed by atoms with Crippen LogP contribution in [0.2, 0.25) is 0 Å². The topological polar surface area (TPSA) is 69.6 Å². The van der Waals surface area contributed by atoms with Crippen LogP contribution in [0.5, 0.6) is 0 Å². The van der Waals surface area contributed by atoms with Gasteiger partial charge in [0.2, 0.25) is 10.0 Å². The number of aliphatic hydroxyl groups is 1. The number of nitrogens with zero attached hydrogens (tertiary/aromatic N) is 1. The van der Waals surface area contributed by atoms with Crippen molar-refractivity contribution in [3.8, 4) is 0 Å². The van der Waals surface area contributed by atoms with Crippen molar-refractivity contribution in [3.63, 3.8) is 0 Å². The average molecular weight is 304 g/mol. The highest BCUT2D eigenvalue weighted by Crippen LogP contribution is 2.26. The number of hydrogen-bond donors (Lipinski definition) is 2. The summed E-state index contributed by atoms with van der Waals surface area (Å²) in [5.74, 6) is 0. The van der Waals surface area contributed by atoms with Gasteiger partial charge in [-0.2, -0.15) is 0 Å². The van der Waals surface area contributed by atoms with Crippen LogP contribution < -0.4 is 4.72 Å². The summed E-state index contributed by atoms with van der Waals surface area (Å²) in [7, 11) is -1.44. The maximum atomic E-state index is 12.1. The molecule has 1 saturated carbocycles. The van der Waals surface area contributed by atoms with E-state index in [1.165, 1.54) is 24.2 Å². The van der Waals surface area contributed by atoms with Crippen molar-refractivity contribution in [1.29, 1.82) is 0 Å². The summed E-state index contributed by atoms with van der Waals surface area (Å²) >= 11 is 1.32. The molecule has 2 rings (SSSR count). The second kappa shape index (κ2) is 5.88. The van der Waals surface area contributed by atoms with Gasteiger partial charge in [-0.3, -0.25) is 0 Å². The van der Waals surface area contributed by atoms with Crippen LogP contribution in [0.15, 0.2) is 11.0 Å². The molecule has 0 atom stereocenters. The van der Waals surface area contributed by atoms with Gasteiger partial charge in [-0.25, -0.2) is 13.1 Å². The van der Waals surface area contributed by atoms with E-state index in [1.807, 2.05) is 7.05 Å². The molecular formula is C12H20N2O3S2. The Labute approximate surface area is 118 Å². The molecule has 0 bridgehead atoms. The van der Waals surface area contributed by atoms with Crippen molar-refractivity contribution in [2.45, 2.75) is 37.3 Å². The number of rotatable bonds is 7. The van der Waals surface area contributed by atoms with Crippen LogP contribution in [0.1, 0.15) is 22.6 Å². The number of hydrogen-bond acceptors (Lipinski definition) is 5. The van der Waals surface area contributed by atoms with E-state index in [0.717, 1.165) is 6.54 Å². The molecule has 1 aliphatic carbocycles. The lowest BCUT2D eigenvalue weighted by Gasteiger charge is -2.15. The van der Waals surface area contributed by atoms with Crippen LogP contribution in [-0.2, 0) is 16.6 Å². The summed E-state index contributed by atoms with van der Waals surface area (Å²) in [6.07, 6.45) is 2.43. The fraction of sp³-hybridized carbons (Fsp3) is 0.667. The molecule has 7 heteroatoms. The lowest BCUT2D eigenvalue weighted by Crippen LogP contribution is -2.34. The van der Waals surface area contributed by atoms with Gasteiger partial charge in [-0.05, 0) is 32.9 Å². The Hall–Kier alpha value is -0.470. The second-order valence-corrected chi connectivity index (χ2v) is 7.98. The quantitative estimate of drug-likeness (QED) is 0.786. The molecule has 1 aromatic rings. The number of thiophene rings is 1. The predicted molar refractivity (Wildman–Crippen MR) is 75.8 cm³/mol. The van der Waals surface area contributed by atoms with Crippen molar-refractivity contribution in [2.75, 3.05) is 20.1 Å². The zero-order valence-corrected chi connectivity index (χ0v) is 12.9. The summed E-state index contributed by atoms with van der Waals surface area (Å²) < 4.78 is 26.9. The summed E-state index contributed by atoms with van der Waals surface area (Å²) in [6, 6.07) is 2.18. The highest BCUT2D eigenvalue weighted by Gasteiger charge is 2.26. The predicted octanol–water partition coefficient (Wildman–Crippen LogP) is 0.921. The molecule has 1 fully saturated rings. The van der Waals surface area contributed by atoms with Gasteiger partial charge < -0.3 is 10.0 Å². The van der Waals surface area contributed by atoms with Gasteiger partial charge in [0.1, 0.15) is 0 Å². The first-order valence-electron chi connectivity index (χ1n) is 6.34. The molecule has 1 aromatic heterocycles. The molecule has 0 spiro atoms. The molecule has 0 radical (unpaired) electrons. The third kappa shape index (κ3) is 3.76. The fourth-order valence-electron chi connectivity index (χ4n) is 2.00. The minimum atomic E-state index is -3.46. The molecule has 0 unspecified atom stereocenters. The number of aliphatic hydroxyl groups excluding tert-OH is 1. The summed E-state index contributed by atoms with van der Waals surface area (Å²) in [5, 5.41) is 9.05. The first kappa shape index (κ1) is 14.9. The monoisotopic (exact) mass is 304 g/mol. The van der Waals surface area contributed by atoms with E-state index < -0.39 is 10.0 Å². The molecule has 0 aliphatic heterocycles. The van der Waals surface area contributed by atoms with E-state index in [0.29, 0.717) is 22.3 Å². The number of likely N-dealkylation sites (N-methyl/N-ethyl adjacent to an activating group) is 1. The Morgan fingerprint density at radius 2 is 2.21 bits per heavy atom. The lowest BCUT2D eigenvalue weighted by atomic mass is 10.4. The van der Waals surface area contributed by atoms with Crippen molar-refractivity contribution in [2.24, 2.45) is 0 Å². The van der Waals surface area contributed by atoms with Crippen LogP contribution in [0.4, 0.5) is 0 Å². The van der Waals surface area contributed by atoms with Crippen LogP contribution in [0, 0.1) is 6.92 Å². The molecular weight excluding hydrogens is 284 g/mol. The maximum absolute atomic E-state index is 12.1. The van der Waals surface area contributed by atoms with Crippen molar-refractivity contribution in [3.05, 3.63) is 15.8 Å². The zero-order valence-electron chi connectivity index (χ0n) is 11.2. The smallest absolute Gasteiger partial charge is 0.241 e. The van der Waals surface area contributed by atoms with Gasteiger partial charge in [0.05, 0.1) is 11.5 Å². The Balaban J connectivity index is 1.94. The first-order valence-corrected chi connectivity index (χ1v) is 8.64. The van der Waals surface area contributed by atoms with Crippen molar-refractivity contribution in [1.82, 2.24) is 9.62 Å². The van der Waals surface area contributed by atoms with Gasteiger partial charge in [0.15, 0.2) is 0 Å². The molecule has 5 nitrogen and oxygen atoms in total. The van der Waals surface area contributed by atoms with E-state index in [4.69, 9.17) is 5.11 Å². The minimum Gasteiger partial charge on any atom is -0.391 e. The van der Waals surface area contributed by atoms with Crippen molar-refractivity contribution < 1.29 is 13.5 Å². The Morgan fingerprint density at radius 3 is 2.74 bits per heavy atom. The molecule has 0 saturated heterocycles. The van der Waals surface area contributed by atoms with Gasteiger partial charge >= 0.3 is 0 Å². The maximum Gasteiger partial charge on any atom is 0.241 e. The number of sulfonamides is 1. The number of nitrogens with one attached hydrogen (secondary N) is 1. The van der Waals surface area contributed by atoms with Crippen LogP contribution in [-0.4, -0.2) is 44.6 Å². The van der Waals surface area contributed by atoms with Gasteiger partial charge in [-0.15, -0.1) is 11.3 Å². The fourth-order valence-corrected chi connectivity index (χ4v) is 4.52. The summed E-state index contributed by atoms with van der Waals surface area (Å²) in [6.45, 7) is 2.78. The standard InChI is InChI=1S/C12H20N2O3S2/c1-9-12(7-11(8-15)18-9)19(16,17)13-5-6-14(2)10-3-4-10/h7,10,13,15H,3-6,8H2,1-2H3. The van der Waals surface area contributed by atoms with Crippen LogP contribution in [0.25, 0.3) is 0 Å². The molecule has 1 aliphatic rings. The summed E-state index contributed by atoms with van der Waals surface area (Å²) in [4.78, 5) is 3.86. The normalized spacial score (nSPS) is 16.2. The average Bonchev–Trinajstić information content (AvgIpc) is 3.12. The van der Waals surface area contributed by atoms with E-state index >= 15 is 0 Å². The molecule has 108 valence electrons. The van der Waals surface area contributed by atoms with E-state index in [9.17, 15) is 8.42 Å². The second-order valence-electron chi connectivity index (χ2n) is 4.90. The minimum absolute atomic E-state index is 0.120. The van der Waals surface area contributed by atoms with Gasteiger partial charge in [0, 0.05) is 28.9 Å². The van der Waals surface area contributed by atoms with E-state index in [2.05, 4.69) is 9.62 Å². The first-order chi connectivity index (χ1) is 8.94. The van der Waals surface area contributed by atoms with Gasteiger partial charge in [0.25, 0.3) is 0 Å². The van der Waals surface area contributed by atoms with Crippen LogP contribution >= 0.6 is 11.3 Å². The lowest BCUT2D eigenvalue weighted by molar-refractivity contribution is 0.285. The number of aryl methyl sites for hydroxylation is 1. The van der Waals surface area contributed by atoms with Crippen LogP contribution in [0.3, 0.4) is 0 Å². The third-order valence-electron chi connectivity index (χ3n) is 3.30. The highest BCUT2D eigenvalue weighted by atomic mass is 32.2. The molecule has 19 heavy (non-hydrogen) atoms. The Morgan fingerprint density at radius 1 is 1.53 bits per heavy atom. The largest absolute Gasteiger partial charge is 0.391 e. The SMILES string of the molecule is Cc1sc(CO)cc1S(=O)(=O)NCCN(C)C1CC1. The Kier molecular flexibility index (Phi) is 4.62. The molecule has 0 amide bonds.